The van der Waals surface area contributed by atoms with Crippen LogP contribution in [0.15, 0.2) is 34.8 Å². The van der Waals surface area contributed by atoms with Crippen molar-refractivity contribution in [3.8, 4) is 5.75 Å². The van der Waals surface area contributed by atoms with Crippen LogP contribution in [0.2, 0.25) is 5.02 Å². The number of amides is 1. The van der Waals surface area contributed by atoms with Gasteiger partial charge in [0, 0.05) is 32.2 Å². The van der Waals surface area contributed by atoms with E-state index in [-0.39, 0.29) is 18.2 Å². The number of anilines is 1. The summed E-state index contributed by atoms with van der Waals surface area (Å²) in [6.07, 6.45) is 0. The lowest BCUT2D eigenvalue weighted by Gasteiger charge is -2.36. The Morgan fingerprint density at radius 2 is 1.93 bits per heavy atom. The smallest absolute Gasteiger partial charge is 0.294 e. The quantitative estimate of drug-likeness (QED) is 0.468. The van der Waals surface area contributed by atoms with Crippen molar-refractivity contribution in [3.05, 3.63) is 61.1 Å². The first-order valence-corrected chi connectivity index (χ1v) is 10.3. The van der Waals surface area contributed by atoms with Crippen LogP contribution in [-0.4, -0.2) is 48.5 Å². The van der Waals surface area contributed by atoms with Crippen LogP contribution in [0.3, 0.4) is 0 Å². The molecule has 0 aromatic heterocycles. The molecule has 9 heteroatoms. The second-order valence-corrected chi connectivity index (χ2v) is 8.18. The van der Waals surface area contributed by atoms with Gasteiger partial charge in [-0.2, -0.15) is 0 Å². The Hall–Kier alpha value is -2.32. The zero-order chi connectivity index (χ0) is 21.1. The summed E-state index contributed by atoms with van der Waals surface area (Å²) in [5.74, 6) is 0.541. The molecule has 1 aliphatic rings. The van der Waals surface area contributed by atoms with Gasteiger partial charge in [0.15, 0.2) is 6.61 Å². The van der Waals surface area contributed by atoms with Crippen molar-refractivity contribution in [2.45, 2.75) is 13.8 Å². The average molecular weight is 483 g/mol. The van der Waals surface area contributed by atoms with Gasteiger partial charge < -0.3 is 14.5 Å². The summed E-state index contributed by atoms with van der Waals surface area (Å²) in [7, 11) is 0. The van der Waals surface area contributed by atoms with Gasteiger partial charge in [0.05, 0.1) is 14.4 Å². The number of rotatable bonds is 5. The molecule has 2 aromatic rings. The number of piperazine rings is 1. The Bertz CT molecular complexity index is 922. The number of nitro groups is 1. The minimum absolute atomic E-state index is 0.0275. The second kappa shape index (κ2) is 9.00. The van der Waals surface area contributed by atoms with E-state index in [4.69, 9.17) is 16.3 Å². The fourth-order valence-electron chi connectivity index (χ4n) is 3.45. The standard InChI is InChI=1S/C20H21BrClN3O4/c1-13-10-14(2)20(15(21)11-13)29-12-18(26)23-6-8-24(9-7-23)19-16(22)4-3-5-17(19)25(27)28/h3-5,10-11H,6-9,12H2,1-2H3. The van der Waals surface area contributed by atoms with Crippen molar-refractivity contribution in [1.82, 2.24) is 4.90 Å². The number of benzene rings is 2. The highest BCUT2D eigenvalue weighted by Gasteiger charge is 2.28. The molecule has 0 bridgehead atoms. The average Bonchev–Trinajstić information content (AvgIpc) is 2.67. The molecule has 0 aliphatic carbocycles. The summed E-state index contributed by atoms with van der Waals surface area (Å²) in [6, 6.07) is 8.58. The van der Waals surface area contributed by atoms with Gasteiger partial charge in [-0.05, 0) is 53.0 Å². The van der Waals surface area contributed by atoms with E-state index in [1.54, 1.807) is 17.0 Å². The monoisotopic (exact) mass is 481 g/mol. The van der Waals surface area contributed by atoms with Gasteiger partial charge in [0.25, 0.3) is 11.6 Å². The maximum atomic E-state index is 12.6. The maximum absolute atomic E-state index is 12.6. The van der Waals surface area contributed by atoms with Crippen molar-refractivity contribution in [2.75, 3.05) is 37.7 Å². The van der Waals surface area contributed by atoms with Crippen molar-refractivity contribution >= 4 is 44.8 Å². The minimum Gasteiger partial charge on any atom is -0.482 e. The maximum Gasteiger partial charge on any atom is 0.294 e. The minimum atomic E-state index is -0.436. The molecule has 1 fully saturated rings. The van der Waals surface area contributed by atoms with E-state index >= 15 is 0 Å². The van der Waals surface area contributed by atoms with Gasteiger partial charge in [-0.1, -0.05) is 23.7 Å². The molecule has 2 aromatic carbocycles. The number of ether oxygens (including phenoxy) is 1. The summed E-state index contributed by atoms with van der Waals surface area (Å²) in [5.41, 5.74) is 2.44. The zero-order valence-corrected chi connectivity index (χ0v) is 18.5. The highest BCUT2D eigenvalue weighted by molar-refractivity contribution is 9.10. The Kier molecular flexibility index (Phi) is 6.64. The van der Waals surface area contributed by atoms with Crippen molar-refractivity contribution in [2.24, 2.45) is 0 Å². The molecule has 29 heavy (non-hydrogen) atoms. The van der Waals surface area contributed by atoms with E-state index in [0.29, 0.717) is 42.6 Å². The molecular formula is C20H21BrClN3O4. The van der Waals surface area contributed by atoms with E-state index in [2.05, 4.69) is 15.9 Å². The Morgan fingerprint density at radius 1 is 1.24 bits per heavy atom. The van der Waals surface area contributed by atoms with Crippen LogP contribution in [-0.2, 0) is 4.79 Å². The molecule has 0 N–H and O–H groups in total. The molecule has 0 radical (unpaired) electrons. The number of carbonyl (C=O) groups is 1. The molecule has 1 amide bonds. The Labute approximate surface area is 182 Å². The summed E-state index contributed by atoms with van der Waals surface area (Å²) < 4.78 is 6.57. The lowest BCUT2D eigenvalue weighted by Crippen LogP contribution is -2.50. The normalized spacial score (nSPS) is 14.1. The van der Waals surface area contributed by atoms with Crippen LogP contribution in [0.5, 0.6) is 5.75 Å². The molecule has 0 unspecified atom stereocenters. The molecule has 0 atom stereocenters. The molecule has 1 saturated heterocycles. The number of aryl methyl sites for hydroxylation is 2. The van der Waals surface area contributed by atoms with Crippen LogP contribution in [0.25, 0.3) is 0 Å². The third kappa shape index (κ3) is 4.82. The van der Waals surface area contributed by atoms with Crippen LogP contribution >= 0.6 is 27.5 Å². The number of nitrogens with zero attached hydrogens (tertiary/aromatic N) is 3. The fraction of sp³-hybridized carbons (Fsp3) is 0.350. The molecule has 0 spiro atoms. The van der Waals surface area contributed by atoms with Gasteiger partial charge in [0.1, 0.15) is 11.4 Å². The van der Waals surface area contributed by atoms with Crippen LogP contribution in [0.1, 0.15) is 11.1 Å². The van der Waals surface area contributed by atoms with Gasteiger partial charge in [-0.3, -0.25) is 14.9 Å². The van der Waals surface area contributed by atoms with Crippen LogP contribution < -0.4 is 9.64 Å². The lowest BCUT2D eigenvalue weighted by atomic mass is 10.1. The van der Waals surface area contributed by atoms with E-state index in [1.165, 1.54) is 6.07 Å². The van der Waals surface area contributed by atoms with Crippen molar-refractivity contribution in [1.29, 1.82) is 0 Å². The van der Waals surface area contributed by atoms with Crippen molar-refractivity contribution in [3.63, 3.8) is 0 Å². The van der Waals surface area contributed by atoms with Gasteiger partial charge in [-0.25, -0.2) is 0 Å². The second-order valence-electron chi connectivity index (χ2n) is 6.91. The molecule has 3 rings (SSSR count). The van der Waals surface area contributed by atoms with E-state index < -0.39 is 4.92 Å². The van der Waals surface area contributed by atoms with Crippen molar-refractivity contribution < 1.29 is 14.5 Å². The van der Waals surface area contributed by atoms with Crippen LogP contribution in [0.4, 0.5) is 11.4 Å². The third-order valence-corrected chi connectivity index (χ3v) is 5.72. The number of carbonyl (C=O) groups excluding carboxylic acids is 1. The summed E-state index contributed by atoms with van der Waals surface area (Å²) >= 11 is 9.69. The first kappa shape index (κ1) is 21.4. The SMILES string of the molecule is Cc1cc(C)c(OCC(=O)N2CCN(c3c(Cl)cccc3[N+](=O)[O-])CC2)c(Br)c1. The molecule has 1 heterocycles. The molecule has 0 saturated carbocycles. The Morgan fingerprint density at radius 3 is 2.55 bits per heavy atom. The first-order valence-electron chi connectivity index (χ1n) is 9.13. The number of hydrogen-bond donors (Lipinski definition) is 0. The van der Waals surface area contributed by atoms with Crippen LogP contribution in [0, 0.1) is 24.0 Å². The predicted octanol–water partition coefficient (Wildman–Crippen LogP) is 4.36. The topological polar surface area (TPSA) is 75.9 Å². The van der Waals surface area contributed by atoms with Gasteiger partial charge >= 0.3 is 0 Å². The first-order chi connectivity index (χ1) is 13.8. The van der Waals surface area contributed by atoms with E-state index in [1.807, 2.05) is 30.9 Å². The number of hydrogen-bond acceptors (Lipinski definition) is 5. The largest absolute Gasteiger partial charge is 0.482 e. The fourth-order valence-corrected chi connectivity index (χ4v) is 4.53. The van der Waals surface area contributed by atoms with E-state index in [9.17, 15) is 14.9 Å². The van der Waals surface area contributed by atoms with Gasteiger partial charge in [-0.15, -0.1) is 0 Å². The summed E-state index contributed by atoms with van der Waals surface area (Å²) in [4.78, 5) is 27.0. The predicted molar refractivity (Wildman–Crippen MR) is 116 cm³/mol. The summed E-state index contributed by atoms with van der Waals surface area (Å²) in [5, 5.41) is 11.7. The number of para-hydroxylation sites is 1. The third-order valence-electron chi connectivity index (χ3n) is 4.82. The van der Waals surface area contributed by atoms with Gasteiger partial charge in [0.2, 0.25) is 0 Å². The number of halogens is 2. The Balaban J connectivity index is 1.62. The molecule has 1 aliphatic heterocycles. The van der Waals surface area contributed by atoms with E-state index in [0.717, 1.165) is 15.6 Å². The number of nitro benzene ring substituents is 1. The molecule has 7 nitrogen and oxygen atoms in total. The summed E-state index contributed by atoms with van der Waals surface area (Å²) in [6.45, 7) is 5.68. The molecule has 154 valence electrons. The lowest BCUT2D eigenvalue weighted by molar-refractivity contribution is -0.384. The highest BCUT2D eigenvalue weighted by atomic mass is 79.9. The molecular weight excluding hydrogens is 462 g/mol. The zero-order valence-electron chi connectivity index (χ0n) is 16.2. The highest BCUT2D eigenvalue weighted by Crippen LogP contribution is 2.36.